The molecule has 0 N–H and O–H groups in total. The van der Waals surface area contributed by atoms with E-state index < -0.39 is 5.41 Å². The van der Waals surface area contributed by atoms with Gasteiger partial charge in [-0.2, -0.15) is 0 Å². The van der Waals surface area contributed by atoms with Crippen molar-refractivity contribution in [2.24, 2.45) is 5.41 Å². The van der Waals surface area contributed by atoms with Gasteiger partial charge in [-0.05, 0) is 67.5 Å². The van der Waals surface area contributed by atoms with E-state index in [2.05, 4.69) is 11.1 Å². The van der Waals surface area contributed by atoms with Crippen LogP contribution in [-0.4, -0.2) is 60.3 Å². The third-order valence-electron chi connectivity index (χ3n) is 7.18. The fourth-order valence-corrected chi connectivity index (χ4v) is 5.30. The summed E-state index contributed by atoms with van der Waals surface area (Å²) in [6.07, 6.45) is 5.33. The normalized spacial score (nSPS) is 20.1. The molecule has 1 atom stereocenters. The van der Waals surface area contributed by atoms with Gasteiger partial charge in [0.05, 0.1) is 11.5 Å². The minimum absolute atomic E-state index is 0.00872. The Morgan fingerprint density at radius 3 is 2.58 bits per heavy atom. The number of aromatic nitrogens is 1. The van der Waals surface area contributed by atoms with Gasteiger partial charge in [0, 0.05) is 46.9 Å². The zero-order chi connectivity index (χ0) is 23.6. The van der Waals surface area contributed by atoms with Crippen molar-refractivity contribution in [3.05, 3.63) is 59.5 Å². The van der Waals surface area contributed by atoms with Gasteiger partial charge in [0.25, 0.3) is 0 Å². The number of amides is 2. The third kappa shape index (κ3) is 4.87. The van der Waals surface area contributed by atoms with E-state index in [1.54, 1.807) is 19.2 Å². The molecule has 176 valence electrons. The Labute approximate surface area is 195 Å². The molecule has 0 spiro atoms. The van der Waals surface area contributed by atoms with Gasteiger partial charge < -0.3 is 14.7 Å². The highest BCUT2D eigenvalue weighted by Gasteiger charge is 2.46. The molecule has 3 heterocycles. The number of carbonyl (C=O) groups excluding carboxylic acids is 2. The number of piperidine rings is 1. The van der Waals surface area contributed by atoms with Crippen LogP contribution in [0.25, 0.3) is 0 Å². The molecule has 7 heteroatoms. The van der Waals surface area contributed by atoms with E-state index in [1.165, 1.54) is 12.1 Å². The Bertz CT molecular complexity index is 1020. The molecule has 0 aliphatic carbocycles. The molecular weight excluding hydrogens is 419 g/mol. The van der Waals surface area contributed by atoms with Gasteiger partial charge in [-0.25, -0.2) is 9.37 Å². The minimum atomic E-state index is -0.639. The van der Waals surface area contributed by atoms with Crippen LogP contribution in [-0.2, 0) is 16.0 Å². The SMILES string of the molecule is CC(=O)N1CCC(Cc2cccc(F)c2)(C(=O)N2CCC[C@@H]2c2ccnc(N(C)C)c2)CC1. The van der Waals surface area contributed by atoms with Crippen LogP contribution < -0.4 is 4.90 Å². The number of hydrogen-bond donors (Lipinski definition) is 0. The fraction of sp³-hybridized carbons (Fsp3) is 0.500. The molecule has 2 aliphatic heterocycles. The average Bonchev–Trinajstić information content (AvgIpc) is 3.29. The number of nitrogens with zero attached hydrogens (tertiary/aromatic N) is 4. The van der Waals surface area contributed by atoms with Gasteiger partial charge in [0.2, 0.25) is 11.8 Å². The number of halogens is 1. The Morgan fingerprint density at radius 2 is 1.91 bits per heavy atom. The highest BCUT2D eigenvalue weighted by molar-refractivity contribution is 5.84. The van der Waals surface area contributed by atoms with Gasteiger partial charge in [-0.15, -0.1) is 0 Å². The summed E-state index contributed by atoms with van der Waals surface area (Å²) in [7, 11) is 3.92. The Kier molecular flexibility index (Phi) is 6.68. The first-order valence-electron chi connectivity index (χ1n) is 11.7. The number of carbonyl (C=O) groups is 2. The molecule has 33 heavy (non-hydrogen) atoms. The summed E-state index contributed by atoms with van der Waals surface area (Å²) >= 11 is 0. The molecular formula is C26H33FN4O2. The van der Waals surface area contributed by atoms with E-state index in [-0.39, 0.29) is 23.7 Å². The van der Waals surface area contributed by atoms with Gasteiger partial charge in [0.1, 0.15) is 11.6 Å². The summed E-state index contributed by atoms with van der Waals surface area (Å²) in [5.41, 5.74) is 1.29. The first-order valence-corrected chi connectivity index (χ1v) is 11.7. The lowest BCUT2D eigenvalue weighted by molar-refractivity contribution is -0.149. The number of hydrogen-bond acceptors (Lipinski definition) is 4. The lowest BCUT2D eigenvalue weighted by Crippen LogP contribution is -2.52. The molecule has 4 rings (SSSR count). The number of pyridine rings is 1. The third-order valence-corrected chi connectivity index (χ3v) is 7.18. The van der Waals surface area contributed by atoms with Crippen LogP contribution >= 0.6 is 0 Å². The van der Waals surface area contributed by atoms with E-state index in [0.29, 0.717) is 38.9 Å². The van der Waals surface area contributed by atoms with Crippen molar-refractivity contribution in [3.63, 3.8) is 0 Å². The number of anilines is 1. The van der Waals surface area contributed by atoms with Crippen molar-refractivity contribution in [3.8, 4) is 0 Å². The topological polar surface area (TPSA) is 56.8 Å². The molecule has 0 saturated carbocycles. The maximum atomic E-state index is 14.2. The van der Waals surface area contributed by atoms with Gasteiger partial charge in [-0.3, -0.25) is 9.59 Å². The first kappa shape index (κ1) is 23.2. The summed E-state index contributed by atoms with van der Waals surface area (Å²) in [4.78, 5) is 36.4. The molecule has 0 unspecified atom stereocenters. The molecule has 2 aliphatic rings. The summed E-state index contributed by atoms with van der Waals surface area (Å²) in [6, 6.07) is 10.6. The van der Waals surface area contributed by atoms with Crippen LogP contribution in [0.4, 0.5) is 10.2 Å². The highest BCUT2D eigenvalue weighted by Crippen LogP contribution is 2.42. The molecule has 1 aromatic heterocycles. The maximum absolute atomic E-state index is 14.2. The summed E-state index contributed by atoms with van der Waals surface area (Å²) in [5.74, 6) is 0.744. The summed E-state index contributed by atoms with van der Waals surface area (Å²) in [5, 5.41) is 0. The van der Waals surface area contributed by atoms with Crippen LogP contribution in [0.5, 0.6) is 0 Å². The van der Waals surface area contributed by atoms with Gasteiger partial charge in [0.15, 0.2) is 0 Å². The van der Waals surface area contributed by atoms with Crippen molar-refractivity contribution in [2.45, 2.75) is 45.1 Å². The predicted molar refractivity (Wildman–Crippen MR) is 126 cm³/mol. The van der Waals surface area contributed by atoms with Crippen LogP contribution in [0.3, 0.4) is 0 Å². The van der Waals surface area contributed by atoms with Crippen molar-refractivity contribution in [1.29, 1.82) is 0 Å². The van der Waals surface area contributed by atoms with Crippen LogP contribution in [0, 0.1) is 11.2 Å². The number of likely N-dealkylation sites (tertiary alicyclic amines) is 2. The second-order valence-corrected chi connectivity index (χ2v) is 9.59. The lowest BCUT2D eigenvalue weighted by Gasteiger charge is -2.43. The molecule has 2 saturated heterocycles. The molecule has 0 bridgehead atoms. The predicted octanol–water partition coefficient (Wildman–Crippen LogP) is 3.82. The molecule has 2 fully saturated rings. The smallest absolute Gasteiger partial charge is 0.229 e. The second kappa shape index (κ2) is 9.49. The Morgan fingerprint density at radius 1 is 1.15 bits per heavy atom. The average molecular weight is 453 g/mol. The van der Waals surface area contributed by atoms with Gasteiger partial charge >= 0.3 is 0 Å². The van der Waals surface area contributed by atoms with Crippen molar-refractivity contribution in [2.75, 3.05) is 38.6 Å². The lowest BCUT2D eigenvalue weighted by atomic mass is 9.72. The van der Waals surface area contributed by atoms with Crippen molar-refractivity contribution >= 4 is 17.6 Å². The number of benzene rings is 1. The zero-order valence-corrected chi connectivity index (χ0v) is 19.8. The molecule has 6 nitrogen and oxygen atoms in total. The summed E-state index contributed by atoms with van der Waals surface area (Å²) < 4.78 is 13.9. The van der Waals surface area contributed by atoms with E-state index in [1.807, 2.05) is 40.9 Å². The van der Waals surface area contributed by atoms with E-state index in [4.69, 9.17) is 0 Å². The largest absolute Gasteiger partial charge is 0.363 e. The minimum Gasteiger partial charge on any atom is -0.363 e. The second-order valence-electron chi connectivity index (χ2n) is 9.59. The van der Waals surface area contributed by atoms with Crippen molar-refractivity contribution in [1.82, 2.24) is 14.8 Å². The van der Waals surface area contributed by atoms with E-state index in [9.17, 15) is 14.0 Å². The van der Waals surface area contributed by atoms with Gasteiger partial charge in [-0.1, -0.05) is 12.1 Å². The Balaban J connectivity index is 1.64. The van der Waals surface area contributed by atoms with Crippen LogP contribution in [0.2, 0.25) is 0 Å². The maximum Gasteiger partial charge on any atom is 0.229 e. The van der Waals surface area contributed by atoms with Crippen LogP contribution in [0.1, 0.15) is 49.8 Å². The first-order chi connectivity index (χ1) is 15.8. The van der Waals surface area contributed by atoms with E-state index >= 15 is 0 Å². The zero-order valence-electron chi connectivity index (χ0n) is 19.8. The monoisotopic (exact) mass is 452 g/mol. The van der Waals surface area contributed by atoms with Crippen LogP contribution in [0.15, 0.2) is 42.6 Å². The summed E-state index contributed by atoms with van der Waals surface area (Å²) in [6.45, 7) is 3.39. The molecule has 0 radical (unpaired) electrons. The molecule has 2 aromatic rings. The standard InChI is InChI=1S/C26H33FN4O2/c1-19(32)30-14-10-26(11-15-30,18-20-6-4-7-22(27)16-20)25(33)31-13-5-8-23(31)21-9-12-28-24(17-21)29(2)3/h4,6-7,9,12,16-17,23H,5,8,10-11,13-15,18H2,1-3H3/t23-/m1/s1. The highest BCUT2D eigenvalue weighted by atomic mass is 19.1. The molecule has 1 aromatic carbocycles. The quantitative estimate of drug-likeness (QED) is 0.692. The van der Waals surface area contributed by atoms with E-state index in [0.717, 1.165) is 29.8 Å². The Hall–Kier alpha value is -2.96. The van der Waals surface area contributed by atoms with Crippen molar-refractivity contribution < 1.29 is 14.0 Å². The number of rotatable bonds is 5. The molecule has 2 amide bonds. The fourth-order valence-electron chi connectivity index (χ4n) is 5.30.